The highest BCUT2D eigenvalue weighted by Crippen LogP contribution is 2.61. The zero-order valence-corrected chi connectivity index (χ0v) is 12.9. The fraction of sp³-hybridized carbons (Fsp3) is 0.733. The molecule has 0 amide bonds. The van der Waals surface area contributed by atoms with Crippen molar-refractivity contribution < 1.29 is 0 Å². The Labute approximate surface area is 124 Å². The predicted molar refractivity (Wildman–Crippen MR) is 81.2 cm³/mol. The van der Waals surface area contributed by atoms with Crippen LogP contribution in [0.5, 0.6) is 0 Å². The first kappa shape index (κ1) is 13.9. The molecule has 0 aromatic carbocycles. The third-order valence-electron chi connectivity index (χ3n) is 4.49. The van der Waals surface area contributed by atoms with Crippen molar-refractivity contribution in [3.05, 3.63) is 21.6 Å². The standard InChI is InChI=1S/C15H22ClN3O/c1-10(2)8-19-14(20)13(16)12(7-18-19)17-9-15(5-6-15)11-3-4-11/h7,10-11,17H,3-6,8-9H2,1-2H3. The molecule has 0 radical (unpaired) electrons. The summed E-state index contributed by atoms with van der Waals surface area (Å²) in [6.07, 6.45) is 7.03. The average Bonchev–Trinajstić information content (AvgIpc) is 3.26. The second-order valence-corrected chi connectivity index (χ2v) is 7.12. The molecule has 0 unspecified atom stereocenters. The normalized spacial score (nSPS) is 20.2. The molecule has 5 heteroatoms. The lowest BCUT2D eigenvalue weighted by Crippen LogP contribution is -2.27. The Bertz CT molecular complexity index is 559. The van der Waals surface area contributed by atoms with Gasteiger partial charge in [0.25, 0.3) is 5.56 Å². The Morgan fingerprint density at radius 1 is 1.50 bits per heavy atom. The van der Waals surface area contributed by atoms with Gasteiger partial charge < -0.3 is 5.32 Å². The Morgan fingerprint density at radius 2 is 2.20 bits per heavy atom. The molecule has 0 atom stereocenters. The maximum absolute atomic E-state index is 12.1. The highest BCUT2D eigenvalue weighted by atomic mass is 35.5. The van der Waals surface area contributed by atoms with Crippen molar-refractivity contribution in [1.82, 2.24) is 9.78 Å². The maximum atomic E-state index is 12.1. The van der Waals surface area contributed by atoms with E-state index in [9.17, 15) is 4.79 Å². The fourth-order valence-electron chi connectivity index (χ4n) is 2.92. The van der Waals surface area contributed by atoms with Crippen LogP contribution in [0.4, 0.5) is 5.69 Å². The van der Waals surface area contributed by atoms with Crippen LogP contribution >= 0.6 is 11.6 Å². The quantitative estimate of drug-likeness (QED) is 0.877. The molecule has 2 fully saturated rings. The van der Waals surface area contributed by atoms with Gasteiger partial charge in [0.05, 0.1) is 11.9 Å². The van der Waals surface area contributed by atoms with Crippen LogP contribution in [0.25, 0.3) is 0 Å². The van der Waals surface area contributed by atoms with Crippen LogP contribution in [0.1, 0.15) is 39.5 Å². The van der Waals surface area contributed by atoms with E-state index in [0.29, 0.717) is 23.6 Å². The van der Waals surface area contributed by atoms with Crippen molar-refractivity contribution in [2.24, 2.45) is 17.3 Å². The Kier molecular flexibility index (Phi) is 3.53. The van der Waals surface area contributed by atoms with Crippen molar-refractivity contribution in [1.29, 1.82) is 0 Å². The molecule has 4 nitrogen and oxygen atoms in total. The first-order valence-electron chi connectivity index (χ1n) is 7.51. The molecule has 0 bridgehead atoms. The minimum absolute atomic E-state index is 0.193. The maximum Gasteiger partial charge on any atom is 0.287 e. The zero-order chi connectivity index (χ0) is 14.3. The number of hydrogen-bond donors (Lipinski definition) is 1. The summed E-state index contributed by atoms with van der Waals surface area (Å²) >= 11 is 6.19. The third-order valence-corrected chi connectivity index (χ3v) is 4.85. The van der Waals surface area contributed by atoms with Gasteiger partial charge in [0, 0.05) is 13.1 Å². The summed E-state index contributed by atoms with van der Waals surface area (Å²) in [6, 6.07) is 0. The SMILES string of the molecule is CC(C)Cn1ncc(NCC2(C3CC3)CC2)c(Cl)c1=O. The molecule has 0 saturated heterocycles. The van der Waals surface area contributed by atoms with Gasteiger partial charge in [-0.1, -0.05) is 25.4 Å². The molecular weight excluding hydrogens is 274 g/mol. The first-order valence-corrected chi connectivity index (χ1v) is 7.89. The Morgan fingerprint density at radius 3 is 2.75 bits per heavy atom. The molecule has 110 valence electrons. The topological polar surface area (TPSA) is 46.9 Å². The summed E-state index contributed by atoms with van der Waals surface area (Å²) in [6.45, 7) is 5.64. The van der Waals surface area contributed by atoms with Gasteiger partial charge in [-0.25, -0.2) is 4.68 Å². The summed E-state index contributed by atoms with van der Waals surface area (Å²) in [5, 5.41) is 7.84. The van der Waals surface area contributed by atoms with E-state index in [4.69, 9.17) is 11.6 Å². The lowest BCUT2D eigenvalue weighted by atomic mass is 10.0. The van der Waals surface area contributed by atoms with E-state index in [1.807, 2.05) is 0 Å². The highest BCUT2D eigenvalue weighted by Gasteiger charge is 2.53. The lowest BCUT2D eigenvalue weighted by Gasteiger charge is -2.17. The molecule has 1 aromatic rings. The smallest absolute Gasteiger partial charge is 0.287 e. The average molecular weight is 296 g/mol. The van der Waals surface area contributed by atoms with Gasteiger partial charge in [-0.2, -0.15) is 5.10 Å². The molecule has 1 aromatic heterocycles. The van der Waals surface area contributed by atoms with E-state index in [1.165, 1.54) is 30.4 Å². The number of nitrogens with one attached hydrogen (secondary N) is 1. The third kappa shape index (κ3) is 2.71. The van der Waals surface area contributed by atoms with Crippen LogP contribution in [-0.2, 0) is 6.54 Å². The van der Waals surface area contributed by atoms with Crippen molar-refractivity contribution in [2.75, 3.05) is 11.9 Å². The van der Waals surface area contributed by atoms with E-state index in [1.54, 1.807) is 6.20 Å². The monoisotopic (exact) mass is 295 g/mol. The van der Waals surface area contributed by atoms with Crippen LogP contribution in [0.3, 0.4) is 0 Å². The fourth-order valence-corrected chi connectivity index (χ4v) is 3.13. The minimum atomic E-state index is -0.193. The van der Waals surface area contributed by atoms with Gasteiger partial charge in [0.1, 0.15) is 5.02 Å². The van der Waals surface area contributed by atoms with E-state index >= 15 is 0 Å². The molecule has 1 N–H and O–H groups in total. The molecule has 2 aliphatic rings. The molecule has 20 heavy (non-hydrogen) atoms. The zero-order valence-electron chi connectivity index (χ0n) is 12.2. The van der Waals surface area contributed by atoms with Gasteiger partial charge in [0.2, 0.25) is 0 Å². The van der Waals surface area contributed by atoms with Crippen LogP contribution in [-0.4, -0.2) is 16.3 Å². The molecule has 0 aliphatic heterocycles. The lowest BCUT2D eigenvalue weighted by molar-refractivity contribution is 0.460. The second-order valence-electron chi connectivity index (χ2n) is 6.74. The van der Waals surface area contributed by atoms with E-state index in [2.05, 4.69) is 24.3 Å². The van der Waals surface area contributed by atoms with E-state index in [0.717, 1.165) is 12.5 Å². The van der Waals surface area contributed by atoms with Gasteiger partial charge in [-0.05, 0) is 42.9 Å². The van der Waals surface area contributed by atoms with Gasteiger partial charge in [-0.15, -0.1) is 0 Å². The number of aromatic nitrogens is 2. The van der Waals surface area contributed by atoms with Crippen molar-refractivity contribution in [3.63, 3.8) is 0 Å². The van der Waals surface area contributed by atoms with Crippen molar-refractivity contribution >= 4 is 17.3 Å². The molecule has 2 aliphatic carbocycles. The highest BCUT2D eigenvalue weighted by molar-refractivity contribution is 6.32. The van der Waals surface area contributed by atoms with Gasteiger partial charge in [0.15, 0.2) is 0 Å². The molecule has 0 spiro atoms. The number of nitrogens with zero attached hydrogens (tertiary/aromatic N) is 2. The van der Waals surface area contributed by atoms with Crippen LogP contribution in [0.2, 0.25) is 5.02 Å². The van der Waals surface area contributed by atoms with Gasteiger partial charge >= 0.3 is 0 Å². The van der Waals surface area contributed by atoms with E-state index < -0.39 is 0 Å². The summed E-state index contributed by atoms with van der Waals surface area (Å²) in [5.74, 6) is 1.27. The number of hydrogen-bond acceptors (Lipinski definition) is 3. The largest absolute Gasteiger partial charge is 0.382 e. The predicted octanol–water partition coefficient (Wildman–Crippen LogP) is 3.15. The summed E-state index contributed by atoms with van der Waals surface area (Å²) in [4.78, 5) is 12.1. The van der Waals surface area contributed by atoms with E-state index in [-0.39, 0.29) is 10.6 Å². The van der Waals surface area contributed by atoms with Crippen LogP contribution in [0.15, 0.2) is 11.0 Å². The molecule has 3 rings (SSSR count). The molecule has 2 saturated carbocycles. The molecule has 1 heterocycles. The van der Waals surface area contributed by atoms with Crippen molar-refractivity contribution in [2.45, 2.75) is 46.1 Å². The first-order chi connectivity index (χ1) is 9.52. The van der Waals surface area contributed by atoms with Crippen molar-refractivity contribution in [3.8, 4) is 0 Å². The van der Waals surface area contributed by atoms with Crippen LogP contribution in [0, 0.1) is 17.3 Å². The summed E-state index contributed by atoms with van der Waals surface area (Å²) in [7, 11) is 0. The second kappa shape index (κ2) is 5.06. The minimum Gasteiger partial charge on any atom is -0.382 e. The number of anilines is 1. The Balaban J connectivity index is 1.70. The number of rotatable bonds is 6. The number of halogens is 1. The van der Waals surface area contributed by atoms with Crippen LogP contribution < -0.4 is 10.9 Å². The summed E-state index contributed by atoms with van der Waals surface area (Å²) < 4.78 is 1.45. The van der Waals surface area contributed by atoms with Gasteiger partial charge in [-0.3, -0.25) is 4.79 Å². The molecular formula is C15H22ClN3O. The Hall–Kier alpha value is -1.03. The summed E-state index contributed by atoms with van der Waals surface area (Å²) in [5.41, 5.74) is 0.973.